The van der Waals surface area contributed by atoms with Gasteiger partial charge in [-0.1, -0.05) is 58.8 Å². The van der Waals surface area contributed by atoms with Gasteiger partial charge in [-0.25, -0.2) is 0 Å². The van der Waals surface area contributed by atoms with Crippen molar-refractivity contribution in [2.45, 2.75) is 216 Å². The lowest BCUT2D eigenvalue weighted by Crippen LogP contribution is -2.70. The Balaban J connectivity index is 0.730. The predicted octanol–water partition coefficient (Wildman–Crippen LogP) is 12.2. The molecule has 4 nitrogen and oxygen atoms in total. The predicted molar refractivity (Wildman–Crippen MR) is 213 cm³/mol. The van der Waals surface area contributed by atoms with Gasteiger partial charge < -0.3 is 9.30 Å². The van der Waals surface area contributed by atoms with Gasteiger partial charge in [0.25, 0.3) is 0 Å². The second kappa shape index (κ2) is 14.1. The molecule has 1 atom stereocenters. The molecular weight excluding hydrogens is 671 g/mol. The van der Waals surface area contributed by atoms with Crippen LogP contribution in [0.4, 0.5) is 0 Å². The zero-order chi connectivity index (χ0) is 36.1. The average Bonchev–Trinajstić information content (AvgIpc) is 3.20. The van der Waals surface area contributed by atoms with Crippen LogP contribution in [-0.2, 0) is 18.9 Å². The second-order valence-corrected chi connectivity index (χ2v) is 26.2. The highest BCUT2D eigenvalue weighted by Gasteiger charge is 2.73. The van der Waals surface area contributed by atoms with E-state index in [2.05, 4.69) is 13.8 Å². The summed E-state index contributed by atoms with van der Waals surface area (Å²) < 4.78 is 22.2. The minimum absolute atomic E-state index is 0.0109. The zero-order valence-corrected chi connectivity index (χ0v) is 34.7. The lowest BCUT2D eigenvalue weighted by atomic mass is 9.29. The molecule has 12 aliphatic carbocycles. The molecule has 12 rings (SSSR count). The highest BCUT2D eigenvalue weighted by molar-refractivity contribution is 7.66. The van der Waals surface area contributed by atoms with E-state index in [0.29, 0.717) is 46.7 Å². The number of hydrogen-bond acceptors (Lipinski definition) is 4. The Bertz CT molecular complexity index is 1350. The molecular formula is C48H75O4P. The van der Waals surface area contributed by atoms with E-state index in [0.717, 1.165) is 131 Å². The number of carbonyl (C=O) groups excluding carboxylic acids is 2. The minimum Gasteiger partial charge on any atom is -0.375 e. The van der Waals surface area contributed by atoms with Crippen molar-refractivity contribution in [1.82, 2.24) is 0 Å². The van der Waals surface area contributed by atoms with Crippen LogP contribution in [0.3, 0.4) is 0 Å². The van der Waals surface area contributed by atoms with Crippen LogP contribution < -0.4 is 0 Å². The standard InChI is InChI=1S/C48H75O4P/c1-30-8-12-32(13-9-30)45(49)47-24-39-42-27-48(28-43(39)41(26-47)44(29-48)40(42)25-47)46(50)33-14-16-34(17-15-33)52-35-18-22-38(23-19-35)53(51,36-6-4-3-5-7-36)37-20-10-31(2)11-21-37/h30-44H,3-29H2,1-2H3. The van der Waals surface area contributed by atoms with Gasteiger partial charge in [-0.2, -0.15) is 0 Å². The van der Waals surface area contributed by atoms with E-state index < -0.39 is 7.14 Å². The maximum atomic E-state index is 15.3. The molecule has 12 fully saturated rings. The third-order valence-electron chi connectivity index (χ3n) is 19.8. The molecule has 0 saturated heterocycles. The van der Waals surface area contributed by atoms with Crippen molar-refractivity contribution in [2.24, 2.45) is 70.0 Å². The normalized spacial score (nSPS) is 52.0. The minimum atomic E-state index is -2.22. The van der Waals surface area contributed by atoms with Crippen molar-refractivity contribution in [3.05, 3.63) is 0 Å². The van der Waals surface area contributed by atoms with Crippen LogP contribution in [-0.4, -0.2) is 40.8 Å². The summed E-state index contributed by atoms with van der Waals surface area (Å²) in [6.07, 6.45) is 32.5. The van der Waals surface area contributed by atoms with Gasteiger partial charge in [0.1, 0.15) is 11.6 Å². The molecule has 0 spiro atoms. The molecule has 1 unspecified atom stereocenters. The van der Waals surface area contributed by atoms with E-state index in [1.54, 1.807) is 0 Å². The Morgan fingerprint density at radius 1 is 0.434 bits per heavy atom. The Morgan fingerprint density at radius 3 is 1.17 bits per heavy atom. The molecule has 0 aromatic carbocycles. The van der Waals surface area contributed by atoms with Crippen LogP contribution in [0.25, 0.3) is 0 Å². The molecule has 0 radical (unpaired) electrons. The number of carbonyl (C=O) groups is 2. The topological polar surface area (TPSA) is 60.4 Å². The van der Waals surface area contributed by atoms with Crippen molar-refractivity contribution in [3.8, 4) is 0 Å². The first kappa shape index (κ1) is 36.8. The van der Waals surface area contributed by atoms with Gasteiger partial charge in [-0.15, -0.1) is 0 Å². The number of ketones is 2. The van der Waals surface area contributed by atoms with Gasteiger partial charge >= 0.3 is 0 Å². The third kappa shape index (κ3) is 6.14. The fourth-order valence-electron chi connectivity index (χ4n) is 17.3. The zero-order valence-electron chi connectivity index (χ0n) is 33.8. The van der Waals surface area contributed by atoms with Crippen molar-refractivity contribution in [1.29, 1.82) is 0 Å². The molecule has 12 saturated carbocycles. The lowest BCUT2D eigenvalue weighted by Gasteiger charge is -2.74. The summed E-state index contributed by atoms with van der Waals surface area (Å²) in [5, 5.41) is 0. The Labute approximate surface area is 323 Å². The first-order valence-electron chi connectivity index (χ1n) is 24.0. The highest BCUT2D eigenvalue weighted by Crippen LogP contribution is 2.78. The van der Waals surface area contributed by atoms with Crippen molar-refractivity contribution in [3.63, 3.8) is 0 Å². The fraction of sp³-hybridized carbons (Fsp3) is 0.958. The number of Topliss-reactive ketones (excluding diaryl/α,β-unsaturated/α-hetero) is 2. The molecule has 296 valence electrons. The second-order valence-electron chi connectivity index (χ2n) is 22.5. The molecule has 0 amide bonds. The summed E-state index contributed by atoms with van der Waals surface area (Å²) in [4.78, 5) is 28.9. The van der Waals surface area contributed by atoms with Crippen LogP contribution in [0.1, 0.15) is 187 Å². The van der Waals surface area contributed by atoms with E-state index in [9.17, 15) is 9.59 Å². The van der Waals surface area contributed by atoms with Gasteiger partial charge in [0.2, 0.25) is 0 Å². The molecule has 53 heavy (non-hydrogen) atoms. The Morgan fingerprint density at radius 2 is 0.755 bits per heavy atom. The summed E-state index contributed by atoms with van der Waals surface area (Å²) in [7, 11) is -2.22. The van der Waals surface area contributed by atoms with Crippen LogP contribution in [0.2, 0.25) is 0 Å². The van der Waals surface area contributed by atoms with Crippen molar-refractivity contribution in [2.75, 3.05) is 0 Å². The van der Waals surface area contributed by atoms with Crippen LogP contribution in [0, 0.1) is 70.0 Å². The number of hydrogen-bond donors (Lipinski definition) is 0. The smallest absolute Gasteiger partial charge is 0.142 e. The first-order valence-corrected chi connectivity index (χ1v) is 25.9. The van der Waals surface area contributed by atoms with E-state index in [4.69, 9.17) is 4.74 Å². The van der Waals surface area contributed by atoms with Gasteiger partial charge in [0.15, 0.2) is 0 Å². The molecule has 8 bridgehead atoms. The van der Waals surface area contributed by atoms with Gasteiger partial charge in [0, 0.05) is 39.6 Å². The largest absolute Gasteiger partial charge is 0.375 e. The van der Waals surface area contributed by atoms with Gasteiger partial charge in [-0.3, -0.25) is 9.59 Å². The third-order valence-corrected chi connectivity index (χ3v) is 24.8. The summed E-state index contributed by atoms with van der Waals surface area (Å²) in [5.41, 5.74) is 1.45. The lowest BCUT2D eigenvalue weighted by molar-refractivity contribution is -0.251. The first-order chi connectivity index (χ1) is 25.7. The summed E-state index contributed by atoms with van der Waals surface area (Å²) in [6.45, 7) is 4.78. The molecule has 12 aliphatic rings. The van der Waals surface area contributed by atoms with E-state index in [-0.39, 0.29) is 16.7 Å². The molecule has 0 heterocycles. The monoisotopic (exact) mass is 747 g/mol. The average molecular weight is 747 g/mol. The highest BCUT2D eigenvalue weighted by atomic mass is 31.2. The fourth-order valence-corrected chi connectivity index (χ4v) is 22.4. The maximum absolute atomic E-state index is 15.3. The van der Waals surface area contributed by atoms with E-state index in [1.807, 2.05) is 0 Å². The van der Waals surface area contributed by atoms with Crippen LogP contribution in [0.5, 0.6) is 0 Å². The quantitative estimate of drug-likeness (QED) is 0.220. The molecule has 0 aromatic rings. The molecule has 0 aromatic heterocycles. The van der Waals surface area contributed by atoms with Crippen LogP contribution >= 0.6 is 7.14 Å². The molecule has 5 heteroatoms. The summed E-state index contributed by atoms with van der Waals surface area (Å²) in [6, 6.07) is 0. The summed E-state index contributed by atoms with van der Waals surface area (Å²) in [5.74, 6) is 7.97. The van der Waals surface area contributed by atoms with Crippen molar-refractivity contribution >= 4 is 18.7 Å². The van der Waals surface area contributed by atoms with Gasteiger partial charge in [0.05, 0.1) is 19.3 Å². The summed E-state index contributed by atoms with van der Waals surface area (Å²) >= 11 is 0. The molecule has 0 aliphatic heterocycles. The van der Waals surface area contributed by atoms with E-state index in [1.165, 1.54) is 89.9 Å². The maximum Gasteiger partial charge on any atom is 0.142 e. The Hall–Kier alpha value is -0.470. The number of ether oxygens (including phenoxy) is 1. The van der Waals surface area contributed by atoms with E-state index >= 15 is 4.57 Å². The van der Waals surface area contributed by atoms with Crippen molar-refractivity contribution < 1.29 is 18.9 Å². The molecule has 0 N–H and O–H groups in total. The SMILES string of the molecule is CC1CCC(C(=O)C23CC4C5CC6(C(=O)C7CCC(OC8CCC(P(=O)(C9CCCCC9)C9CCC(C)CC9)CC8)CC7)CC4C(C2)C(C6)C5C3)CC1. The van der Waals surface area contributed by atoms with Crippen LogP contribution in [0.15, 0.2) is 0 Å². The van der Waals surface area contributed by atoms with Gasteiger partial charge in [-0.05, 0) is 176 Å². The Kier molecular flexibility index (Phi) is 9.82. The number of rotatable bonds is 9.